The topological polar surface area (TPSA) is 75.9 Å². The van der Waals surface area contributed by atoms with Gasteiger partial charge in [-0.05, 0) is 55.2 Å². The summed E-state index contributed by atoms with van der Waals surface area (Å²) < 4.78 is 44.6. The van der Waals surface area contributed by atoms with Crippen molar-refractivity contribution in [3.8, 4) is 0 Å². The molecule has 11 heteroatoms. The Balaban J connectivity index is 1.35. The number of anilines is 1. The fourth-order valence-electron chi connectivity index (χ4n) is 3.77. The average molecular weight is 500 g/mol. The molecule has 0 atom stereocenters. The highest BCUT2D eigenvalue weighted by Gasteiger charge is 2.38. The first kappa shape index (κ1) is 25.8. The Morgan fingerprint density at radius 1 is 1.06 bits per heavy atom. The molecule has 0 bridgehead atoms. The van der Waals surface area contributed by atoms with E-state index in [1.807, 2.05) is 24.3 Å². The molecule has 184 valence electrons. The first-order valence-corrected chi connectivity index (χ1v) is 11.2. The molecule has 1 aliphatic heterocycles. The van der Waals surface area contributed by atoms with Gasteiger partial charge in [0.05, 0.1) is 4.92 Å². The van der Waals surface area contributed by atoms with Crippen LogP contribution in [0.15, 0.2) is 42.5 Å². The zero-order valence-corrected chi connectivity index (χ0v) is 19.1. The summed E-state index contributed by atoms with van der Waals surface area (Å²) in [6.45, 7) is 2.86. The average Bonchev–Trinajstić information content (AvgIpc) is 2.81. The van der Waals surface area contributed by atoms with Crippen LogP contribution in [0.3, 0.4) is 0 Å². The lowest BCUT2D eigenvalue weighted by Gasteiger charge is -2.36. The molecule has 7 nitrogen and oxygen atoms in total. The Morgan fingerprint density at radius 2 is 1.74 bits per heavy atom. The number of amides is 1. The molecule has 2 aromatic rings. The number of hydrogen-bond donors (Lipinski definition) is 0. The molecule has 0 unspecified atom stereocenters. The van der Waals surface area contributed by atoms with E-state index in [9.17, 15) is 28.1 Å². The molecule has 1 amide bonds. The van der Waals surface area contributed by atoms with E-state index in [-0.39, 0.29) is 12.5 Å². The van der Waals surface area contributed by atoms with E-state index in [4.69, 9.17) is 16.3 Å². The third kappa shape index (κ3) is 7.07. The van der Waals surface area contributed by atoms with Crippen LogP contribution in [0, 0.1) is 10.1 Å². The molecule has 1 fully saturated rings. The second-order valence-corrected chi connectivity index (χ2v) is 8.40. The number of carbonyl (C=O) groups excluding carboxylic acids is 1. The molecule has 0 radical (unpaired) electrons. The maximum absolute atomic E-state index is 13.1. The number of aryl methyl sites for hydroxylation is 1. The Kier molecular flexibility index (Phi) is 8.73. The van der Waals surface area contributed by atoms with Gasteiger partial charge in [-0.25, -0.2) is 0 Å². The summed E-state index contributed by atoms with van der Waals surface area (Å²) in [5, 5.41) is 11.5. The van der Waals surface area contributed by atoms with Gasteiger partial charge in [-0.1, -0.05) is 17.7 Å². The maximum Gasteiger partial charge on any atom is 0.423 e. The van der Waals surface area contributed by atoms with Gasteiger partial charge in [0.15, 0.2) is 0 Å². The zero-order valence-electron chi connectivity index (χ0n) is 18.4. The largest absolute Gasteiger partial charge is 0.423 e. The van der Waals surface area contributed by atoms with Crippen molar-refractivity contribution in [1.82, 2.24) is 4.90 Å². The molecule has 1 aliphatic rings. The molecule has 0 aromatic heterocycles. The standard InChI is InChI=1S/C23H25ClF3N3O4/c24-18-5-7-19(8-6-18)28-10-12-29(13-11-28)22(31)16-34-14-2-1-3-17-4-9-21(30(32)33)20(15-17)23(25,26)27/h4-9,15H,1-3,10-14,16H2. The van der Waals surface area contributed by atoms with Gasteiger partial charge in [-0.2, -0.15) is 13.2 Å². The minimum Gasteiger partial charge on any atom is -0.372 e. The van der Waals surface area contributed by atoms with Crippen molar-refractivity contribution in [1.29, 1.82) is 0 Å². The number of hydrogen-bond acceptors (Lipinski definition) is 5. The number of nitro groups is 1. The van der Waals surface area contributed by atoms with Gasteiger partial charge in [-0.15, -0.1) is 0 Å². The van der Waals surface area contributed by atoms with Crippen molar-refractivity contribution in [2.45, 2.75) is 25.4 Å². The molecule has 1 heterocycles. The molecule has 0 N–H and O–H groups in total. The van der Waals surface area contributed by atoms with Crippen molar-refractivity contribution in [2.75, 3.05) is 44.3 Å². The van der Waals surface area contributed by atoms with Crippen molar-refractivity contribution < 1.29 is 27.6 Å². The molecule has 0 spiro atoms. The number of halogens is 4. The van der Waals surface area contributed by atoms with Crippen LogP contribution in [0.5, 0.6) is 0 Å². The van der Waals surface area contributed by atoms with Crippen molar-refractivity contribution in [3.05, 3.63) is 68.7 Å². The van der Waals surface area contributed by atoms with E-state index in [2.05, 4.69) is 4.90 Å². The number of piperazine rings is 1. The molecular formula is C23H25ClF3N3O4. The normalized spacial score (nSPS) is 14.4. The number of unbranched alkanes of at least 4 members (excludes halogenated alkanes) is 1. The lowest BCUT2D eigenvalue weighted by Crippen LogP contribution is -2.49. The Labute approximate surface area is 200 Å². The van der Waals surface area contributed by atoms with Gasteiger partial charge in [0.1, 0.15) is 12.2 Å². The van der Waals surface area contributed by atoms with Gasteiger partial charge in [-0.3, -0.25) is 14.9 Å². The third-order valence-electron chi connectivity index (χ3n) is 5.62. The maximum atomic E-state index is 13.1. The Hall–Kier alpha value is -2.85. The highest BCUT2D eigenvalue weighted by Crippen LogP contribution is 2.36. The second-order valence-electron chi connectivity index (χ2n) is 7.96. The van der Waals surface area contributed by atoms with E-state index >= 15 is 0 Å². The fraction of sp³-hybridized carbons (Fsp3) is 0.435. The van der Waals surface area contributed by atoms with E-state index in [0.29, 0.717) is 62.6 Å². The van der Waals surface area contributed by atoms with E-state index in [0.717, 1.165) is 17.8 Å². The van der Waals surface area contributed by atoms with Gasteiger partial charge in [0.2, 0.25) is 5.91 Å². The summed E-state index contributed by atoms with van der Waals surface area (Å²) in [7, 11) is 0. The smallest absolute Gasteiger partial charge is 0.372 e. The summed E-state index contributed by atoms with van der Waals surface area (Å²) in [4.78, 5) is 26.1. The van der Waals surface area contributed by atoms with Gasteiger partial charge in [0.25, 0.3) is 5.69 Å². The SMILES string of the molecule is O=C(COCCCCc1ccc([N+](=O)[O-])c(C(F)(F)F)c1)N1CCN(c2ccc(Cl)cc2)CC1. The number of benzene rings is 2. The quantitative estimate of drug-likeness (QED) is 0.277. The predicted octanol–water partition coefficient (Wildman–Crippen LogP) is 4.96. The lowest BCUT2D eigenvalue weighted by atomic mass is 10.0. The molecule has 1 saturated heterocycles. The number of nitro benzene ring substituents is 1. The van der Waals surface area contributed by atoms with Crippen LogP contribution in [0.1, 0.15) is 24.0 Å². The van der Waals surface area contributed by atoms with Crippen LogP contribution in [0.25, 0.3) is 0 Å². The molecule has 0 saturated carbocycles. The van der Waals surface area contributed by atoms with Crippen LogP contribution >= 0.6 is 11.6 Å². The van der Waals surface area contributed by atoms with Crippen LogP contribution in [-0.2, 0) is 22.1 Å². The first-order valence-electron chi connectivity index (χ1n) is 10.9. The summed E-state index contributed by atoms with van der Waals surface area (Å²) in [6, 6.07) is 10.6. The minimum absolute atomic E-state index is 0.0449. The van der Waals surface area contributed by atoms with E-state index in [1.165, 1.54) is 6.07 Å². The molecular weight excluding hydrogens is 475 g/mol. The second kappa shape index (κ2) is 11.5. The first-order chi connectivity index (χ1) is 16.1. The number of ether oxygens (including phenoxy) is 1. The van der Waals surface area contributed by atoms with Crippen molar-refractivity contribution >= 4 is 28.9 Å². The minimum atomic E-state index is -4.79. The number of rotatable bonds is 9. The summed E-state index contributed by atoms with van der Waals surface area (Å²) in [5.74, 6) is -0.0963. The zero-order chi connectivity index (χ0) is 24.7. The Morgan fingerprint density at radius 3 is 2.35 bits per heavy atom. The van der Waals surface area contributed by atoms with E-state index in [1.54, 1.807) is 4.90 Å². The summed E-state index contributed by atoms with van der Waals surface area (Å²) >= 11 is 5.92. The Bertz CT molecular complexity index is 994. The van der Waals surface area contributed by atoms with Gasteiger partial charge in [0, 0.05) is 49.6 Å². The van der Waals surface area contributed by atoms with Crippen LogP contribution in [-0.4, -0.2) is 55.1 Å². The number of carbonyl (C=O) groups is 1. The van der Waals surface area contributed by atoms with Crippen LogP contribution in [0.4, 0.5) is 24.5 Å². The summed E-state index contributed by atoms with van der Waals surface area (Å²) in [5.41, 5.74) is -0.768. The molecule has 3 rings (SSSR count). The highest BCUT2D eigenvalue weighted by atomic mass is 35.5. The number of nitrogens with zero attached hydrogens (tertiary/aromatic N) is 3. The van der Waals surface area contributed by atoms with Crippen LogP contribution < -0.4 is 4.90 Å². The highest BCUT2D eigenvalue weighted by molar-refractivity contribution is 6.30. The third-order valence-corrected chi connectivity index (χ3v) is 5.87. The van der Waals surface area contributed by atoms with Crippen molar-refractivity contribution in [2.24, 2.45) is 0 Å². The summed E-state index contributed by atoms with van der Waals surface area (Å²) in [6.07, 6.45) is -3.38. The number of alkyl halides is 3. The fourth-order valence-corrected chi connectivity index (χ4v) is 3.90. The van der Waals surface area contributed by atoms with Gasteiger partial charge < -0.3 is 14.5 Å². The van der Waals surface area contributed by atoms with Crippen molar-refractivity contribution in [3.63, 3.8) is 0 Å². The molecule has 0 aliphatic carbocycles. The molecule has 34 heavy (non-hydrogen) atoms. The van der Waals surface area contributed by atoms with Gasteiger partial charge >= 0.3 is 6.18 Å². The monoisotopic (exact) mass is 499 g/mol. The van der Waals surface area contributed by atoms with E-state index < -0.39 is 22.4 Å². The lowest BCUT2D eigenvalue weighted by molar-refractivity contribution is -0.388. The predicted molar refractivity (Wildman–Crippen MR) is 122 cm³/mol. The molecule has 2 aromatic carbocycles. The van der Waals surface area contributed by atoms with Crippen LogP contribution in [0.2, 0.25) is 5.02 Å².